The molecule has 1 N–H and O–H groups in total. The molecule has 0 bridgehead atoms. The van der Waals surface area contributed by atoms with Crippen molar-refractivity contribution in [2.45, 2.75) is 13.0 Å². The van der Waals surface area contributed by atoms with Crippen molar-refractivity contribution in [1.29, 1.82) is 0 Å². The topological polar surface area (TPSA) is 57.6 Å². The molecule has 5 heteroatoms. The van der Waals surface area contributed by atoms with Gasteiger partial charge in [0.05, 0.1) is 11.6 Å². The molecule has 1 unspecified atom stereocenters. The van der Waals surface area contributed by atoms with Crippen LogP contribution in [0, 0.1) is 6.92 Å². The van der Waals surface area contributed by atoms with E-state index in [2.05, 4.69) is 0 Å². The highest BCUT2D eigenvalue weighted by Crippen LogP contribution is 2.42. The van der Waals surface area contributed by atoms with Crippen molar-refractivity contribution in [2.75, 3.05) is 4.90 Å². The molecule has 29 heavy (non-hydrogen) atoms. The maximum absolute atomic E-state index is 13.0. The van der Waals surface area contributed by atoms with E-state index in [1.807, 2.05) is 25.1 Å². The second-order valence-electron chi connectivity index (χ2n) is 6.92. The molecular weight excluding hydrogens is 386 g/mol. The maximum atomic E-state index is 13.0. The number of aryl methyl sites for hydroxylation is 1. The third-order valence-corrected chi connectivity index (χ3v) is 5.24. The highest BCUT2D eigenvalue weighted by Gasteiger charge is 2.46. The number of hydrogen-bond donors (Lipinski definition) is 1. The van der Waals surface area contributed by atoms with Crippen LogP contribution in [0.15, 0.2) is 84.4 Å². The molecule has 1 fully saturated rings. The second-order valence-corrected chi connectivity index (χ2v) is 7.36. The van der Waals surface area contributed by atoms with Crippen LogP contribution in [0.2, 0.25) is 5.02 Å². The first kappa shape index (κ1) is 19.0. The Kier molecular flexibility index (Phi) is 4.95. The SMILES string of the molecule is Cc1ccc(/C(O)=C2/C(=O)C(=O)N(c3ccccc3)C2c2ccc(Cl)cc2)cc1. The van der Waals surface area contributed by atoms with E-state index in [1.165, 1.54) is 4.90 Å². The summed E-state index contributed by atoms with van der Waals surface area (Å²) in [4.78, 5) is 27.4. The average molecular weight is 404 g/mol. The number of nitrogens with zero attached hydrogens (tertiary/aromatic N) is 1. The molecule has 1 amide bonds. The molecule has 0 aliphatic carbocycles. The predicted octanol–water partition coefficient (Wildman–Crippen LogP) is 5.27. The summed E-state index contributed by atoms with van der Waals surface area (Å²) in [6.07, 6.45) is 0. The van der Waals surface area contributed by atoms with Crippen molar-refractivity contribution in [3.63, 3.8) is 0 Å². The van der Waals surface area contributed by atoms with Gasteiger partial charge in [-0.3, -0.25) is 14.5 Å². The highest BCUT2D eigenvalue weighted by atomic mass is 35.5. The van der Waals surface area contributed by atoms with E-state index < -0.39 is 17.7 Å². The number of carbonyl (C=O) groups is 2. The zero-order valence-electron chi connectivity index (χ0n) is 15.7. The Hall–Kier alpha value is -3.37. The van der Waals surface area contributed by atoms with Gasteiger partial charge in [0.25, 0.3) is 11.7 Å². The Morgan fingerprint density at radius 3 is 2.14 bits per heavy atom. The number of anilines is 1. The zero-order chi connectivity index (χ0) is 20.5. The molecule has 4 nitrogen and oxygen atoms in total. The van der Waals surface area contributed by atoms with Gasteiger partial charge in [0.2, 0.25) is 0 Å². The van der Waals surface area contributed by atoms with E-state index in [4.69, 9.17) is 11.6 Å². The zero-order valence-corrected chi connectivity index (χ0v) is 16.4. The molecule has 1 aliphatic heterocycles. The number of rotatable bonds is 3. The van der Waals surface area contributed by atoms with Crippen LogP contribution in [0.5, 0.6) is 0 Å². The normalized spacial score (nSPS) is 18.3. The summed E-state index contributed by atoms with van der Waals surface area (Å²) in [5.41, 5.74) is 2.84. The summed E-state index contributed by atoms with van der Waals surface area (Å²) in [6.45, 7) is 1.94. The molecule has 0 saturated carbocycles. The van der Waals surface area contributed by atoms with Gasteiger partial charge in [0, 0.05) is 16.3 Å². The van der Waals surface area contributed by atoms with E-state index in [9.17, 15) is 14.7 Å². The largest absolute Gasteiger partial charge is 0.507 e. The van der Waals surface area contributed by atoms with Crippen molar-refractivity contribution >= 4 is 34.7 Å². The van der Waals surface area contributed by atoms with Crippen LogP contribution in [0.3, 0.4) is 0 Å². The lowest BCUT2D eigenvalue weighted by molar-refractivity contribution is -0.132. The van der Waals surface area contributed by atoms with Crippen LogP contribution in [0.4, 0.5) is 5.69 Å². The lowest BCUT2D eigenvalue weighted by atomic mass is 9.95. The van der Waals surface area contributed by atoms with Crippen LogP contribution < -0.4 is 4.90 Å². The third kappa shape index (κ3) is 3.43. The number of ketones is 1. The van der Waals surface area contributed by atoms with Crippen molar-refractivity contribution in [1.82, 2.24) is 0 Å². The minimum Gasteiger partial charge on any atom is -0.507 e. The van der Waals surface area contributed by atoms with Crippen molar-refractivity contribution in [2.24, 2.45) is 0 Å². The standard InChI is InChI=1S/C24H18ClNO3/c1-15-7-9-17(10-8-15)22(27)20-21(16-11-13-18(25)14-12-16)26(24(29)23(20)28)19-5-3-2-4-6-19/h2-14,21,27H,1H3/b22-20-. The molecular formula is C24H18ClNO3. The van der Waals surface area contributed by atoms with Gasteiger partial charge in [0.1, 0.15) is 5.76 Å². The number of benzene rings is 3. The molecule has 0 radical (unpaired) electrons. The predicted molar refractivity (Wildman–Crippen MR) is 114 cm³/mol. The summed E-state index contributed by atoms with van der Waals surface area (Å²) in [6, 6.07) is 22.3. The Morgan fingerprint density at radius 2 is 1.52 bits per heavy atom. The van der Waals surface area contributed by atoms with E-state index in [1.54, 1.807) is 60.7 Å². The lowest BCUT2D eigenvalue weighted by Gasteiger charge is -2.25. The number of aliphatic hydroxyl groups is 1. The molecule has 1 atom stereocenters. The minimum absolute atomic E-state index is 0.0602. The Morgan fingerprint density at radius 1 is 0.897 bits per heavy atom. The third-order valence-electron chi connectivity index (χ3n) is 4.99. The van der Waals surface area contributed by atoms with Crippen LogP contribution in [0.25, 0.3) is 5.76 Å². The van der Waals surface area contributed by atoms with Crippen molar-refractivity contribution in [3.8, 4) is 0 Å². The number of para-hydroxylation sites is 1. The molecule has 1 heterocycles. The molecule has 0 spiro atoms. The highest BCUT2D eigenvalue weighted by molar-refractivity contribution is 6.51. The summed E-state index contributed by atoms with van der Waals surface area (Å²) >= 11 is 6.03. The Bertz CT molecular complexity index is 1100. The molecule has 144 valence electrons. The van der Waals surface area contributed by atoms with E-state index in [0.717, 1.165) is 5.56 Å². The number of Topliss-reactive ketones (excluding diaryl/α,β-unsaturated/α-hetero) is 1. The van der Waals surface area contributed by atoms with Crippen LogP contribution in [0.1, 0.15) is 22.7 Å². The summed E-state index contributed by atoms with van der Waals surface area (Å²) in [5.74, 6) is -1.58. The van der Waals surface area contributed by atoms with Gasteiger partial charge in [-0.25, -0.2) is 0 Å². The van der Waals surface area contributed by atoms with Crippen LogP contribution in [-0.2, 0) is 9.59 Å². The first-order valence-corrected chi connectivity index (χ1v) is 9.53. The van der Waals surface area contributed by atoms with Gasteiger partial charge >= 0.3 is 0 Å². The fraction of sp³-hybridized carbons (Fsp3) is 0.0833. The Balaban J connectivity index is 1.94. The van der Waals surface area contributed by atoms with Gasteiger partial charge in [-0.15, -0.1) is 0 Å². The van der Waals surface area contributed by atoms with Gasteiger partial charge in [-0.1, -0.05) is 71.8 Å². The number of hydrogen-bond acceptors (Lipinski definition) is 3. The number of carbonyl (C=O) groups excluding carboxylic acids is 2. The lowest BCUT2D eigenvalue weighted by Crippen LogP contribution is -2.29. The van der Waals surface area contributed by atoms with Crippen LogP contribution >= 0.6 is 11.6 Å². The Labute approximate surface area is 173 Å². The van der Waals surface area contributed by atoms with Crippen molar-refractivity contribution < 1.29 is 14.7 Å². The van der Waals surface area contributed by atoms with E-state index in [-0.39, 0.29) is 11.3 Å². The monoisotopic (exact) mass is 403 g/mol. The summed E-state index contributed by atoms with van der Waals surface area (Å²) < 4.78 is 0. The number of amides is 1. The number of aliphatic hydroxyl groups excluding tert-OH is 1. The maximum Gasteiger partial charge on any atom is 0.300 e. The second kappa shape index (κ2) is 7.57. The van der Waals surface area contributed by atoms with Crippen LogP contribution in [-0.4, -0.2) is 16.8 Å². The van der Waals surface area contributed by atoms with Crippen molar-refractivity contribution in [3.05, 3.63) is 106 Å². The van der Waals surface area contributed by atoms with Gasteiger partial charge in [-0.2, -0.15) is 0 Å². The minimum atomic E-state index is -0.754. The van der Waals surface area contributed by atoms with Gasteiger partial charge in [0.15, 0.2) is 0 Å². The van der Waals surface area contributed by atoms with E-state index in [0.29, 0.717) is 21.8 Å². The fourth-order valence-electron chi connectivity index (χ4n) is 3.51. The molecule has 0 aromatic heterocycles. The fourth-order valence-corrected chi connectivity index (χ4v) is 3.64. The summed E-state index contributed by atoms with van der Waals surface area (Å²) in [7, 11) is 0. The molecule has 3 aromatic carbocycles. The van der Waals surface area contributed by atoms with Gasteiger partial charge < -0.3 is 5.11 Å². The molecule has 3 aromatic rings. The quantitative estimate of drug-likeness (QED) is 0.368. The number of halogens is 1. The van der Waals surface area contributed by atoms with Gasteiger partial charge in [-0.05, 0) is 36.8 Å². The smallest absolute Gasteiger partial charge is 0.300 e. The molecule has 4 rings (SSSR count). The first-order valence-electron chi connectivity index (χ1n) is 9.16. The average Bonchev–Trinajstić information content (AvgIpc) is 3.00. The molecule has 1 aliphatic rings. The van der Waals surface area contributed by atoms with E-state index >= 15 is 0 Å². The molecule has 1 saturated heterocycles. The first-order chi connectivity index (χ1) is 14.0. The summed E-state index contributed by atoms with van der Waals surface area (Å²) in [5, 5.41) is 11.5.